The van der Waals surface area contributed by atoms with E-state index >= 15 is 4.39 Å². The Labute approximate surface area is 228 Å². The predicted octanol–water partition coefficient (Wildman–Crippen LogP) is 5.14. The van der Waals surface area contributed by atoms with E-state index in [0.29, 0.717) is 44.2 Å². The van der Waals surface area contributed by atoms with Gasteiger partial charge in [0.1, 0.15) is 11.9 Å². The standard InChI is InChI=1S/C29H26FN7O3/c1-15-8-18-20(11-31)25(22(30)10-23(18)32-12-15)26-21(13-33-36(26)5)16-6-7-17-19(9-16)24(34-35-27(17)38)14-37(28(39)40)29(2,3)4/h6-10,12-13H,14H2,1-5H3,(H,35,38)(H,39,40). The molecule has 5 aromatic rings. The second-order valence-corrected chi connectivity index (χ2v) is 10.6. The van der Waals surface area contributed by atoms with Gasteiger partial charge in [0.15, 0.2) is 0 Å². The molecule has 3 heterocycles. The summed E-state index contributed by atoms with van der Waals surface area (Å²) in [5.41, 5.74) is 2.12. The largest absolute Gasteiger partial charge is 0.465 e. The van der Waals surface area contributed by atoms with E-state index in [-0.39, 0.29) is 17.7 Å². The highest BCUT2D eigenvalue weighted by molar-refractivity contribution is 5.97. The molecule has 1 amide bonds. The molecule has 202 valence electrons. The average molecular weight is 540 g/mol. The monoisotopic (exact) mass is 539 g/mol. The van der Waals surface area contributed by atoms with Crippen LogP contribution in [-0.4, -0.2) is 46.6 Å². The first kappa shape index (κ1) is 26.5. The lowest BCUT2D eigenvalue weighted by molar-refractivity contribution is 0.0948. The van der Waals surface area contributed by atoms with E-state index in [2.05, 4.69) is 26.3 Å². The van der Waals surface area contributed by atoms with Crippen LogP contribution in [0.3, 0.4) is 0 Å². The highest BCUT2D eigenvalue weighted by Crippen LogP contribution is 2.39. The van der Waals surface area contributed by atoms with Crippen LogP contribution in [0, 0.1) is 24.1 Å². The van der Waals surface area contributed by atoms with Crippen LogP contribution in [0.15, 0.2) is 47.5 Å². The number of aryl methyl sites for hydroxylation is 2. The molecule has 0 unspecified atom stereocenters. The minimum absolute atomic E-state index is 0.0697. The summed E-state index contributed by atoms with van der Waals surface area (Å²) in [6.45, 7) is 7.08. The summed E-state index contributed by atoms with van der Waals surface area (Å²) in [4.78, 5) is 30.1. The minimum Gasteiger partial charge on any atom is -0.465 e. The zero-order valence-electron chi connectivity index (χ0n) is 22.6. The van der Waals surface area contributed by atoms with Gasteiger partial charge in [0.05, 0.1) is 46.2 Å². The lowest BCUT2D eigenvalue weighted by Crippen LogP contribution is -2.44. The quantitative estimate of drug-likeness (QED) is 0.322. The summed E-state index contributed by atoms with van der Waals surface area (Å²) in [6.07, 6.45) is 2.06. The molecule has 0 spiro atoms. The van der Waals surface area contributed by atoms with E-state index in [4.69, 9.17) is 0 Å². The average Bonchev–Trinajstić information content (AvgIpc) is 3.27. The van der Waals surface area contributed by atoms with E-state index in [1.165, 1.54) is 15.6 Å². The van der Waals surface area contributed by atoms with Gasteiger partial charge in [0.25, 0.3) is 5.56 Å². The lowest BCUT2D eigenvalue weighted by Gasteiger charge is -2.33. The maximum Gasteiger partial charge on any atom is 0.408 e. The molecule has 0 bridgehead atoms. The third-order valence-electron chi connectivity index (χ3n) is 6.89. The van der Waals surface area contributed by atoms with E-state index in [0.717, 1.165) is 5.56 Å². The first-order valence-corrected chi connectivity index (χ1v) is 12.4. The molecule has 0 saturated heterocycles. The number of nitrogens with one attached hydrogen (secondary N) is 1. The van der Waals surface area contributed by atoms with Gasteiger partial charge in [0, 0.05) is 41.2 Å². The highest BCUT2D eigenvalue weighted by Gasteiger charge is 2.28. The molecule has 2 aromatic carbocycles. The SMILES string of the molecule is Cc1cnc2cc(F)c(-c3c(-c4ccc5c(=O)[nH]nc(CN(C(=O)O)C(C)(C)C)c5c4)cnn3C)c(C#N)c2c1. The highest BCUT2D eigenvalue weighted by atomic mass is 19.1. The zero-order valence-corrected chi connectivity index (χ0v) is 22.6. The summed E-state index contributed by atoms with van der Waals surface area (Å²) in [7, 11) is 1.66. The van der Waals surface area contributed by atoms with Crippen LogP contribution in [0.2, 0.25) is 0 Å². The van der Waals surface area contributed by atoms with Crippen molar-refractivity contribution in [2.45, 2.75) is 39.8 Å². The number of aromatic nitrogens is 5. The number of halogens is 1. The van der Waals surface area contributed by atoms with Crippen LogP contribution >= 0.6 is 0 Å². The Balaban J connectivity index is 1.74. The summed E-state index contributed by atoms with van der Waals surface area (Å²) in [6, 6.07) is 10.3. The van der Waals surface area contributed by atoms with Gasteiger partial charge >= 0.3 is 6.09 Å². The fourth-order valence-electron chi connectivity index (χ4n) is 4.88. The van der Waals surface area contributed by atoms with Crippen LogP contribution < -0.4 is 5.56 Å². The molecule has 3 aromatic heterocycles. The van der Waals surface area contributed by atoms with Gasteiger partial charge in [-0.15, -0.1) is 0 Å². The van der Waals surface area contributed by atoms with Gasteiger partial charge in [-0.3, -0.25) is 19.4 Å². The van der Waals surface area contributed by atoms with Crippen LogP contribution in [0.4, 0.5) is 9.18 Å². The van der Waals surface area contributed by atoms with Gasteiger partial charge < -0.3 is 5.11 Å². The first-order valence-electron chi connectivity index (χ1n) is 12.4. The van der Waals surface area contributed by atoms with Crippen LogP contribution in [0.5, 0.6) is 0 Å². The summed E-state index contributed by atoms with van der Waals surface area (Å²) < 4.78 is 17.2. The molecule has 2 N–H and O–H groups in total. The van der Waals surface area contributed by atoms with Gasteiger partial charge in [-0.2, -0.15) is 15.5 Å². The second-order valence-electron chi connectivity index (χ2n) is 10.6. The Kier molecular flexibility index (Phi) is 6.34. The fraction of sp³-hybridized carbons (Fsp3) is 0.241. The number of carboxylic acid groups (broad SMARTS) is 1. The summed E-state index contributed by atoms with van der Waals surface area (Å²) >= 11 is 0. The van der Waals surface area contributed by atoms with Crippen molar-refractivity contribution in [1.29, 1.82) is 5.26 Å². The lowest BCUT2D eigenvalue weighted by atomic mass is 9.93. The normalized spacial score (nSPS) is 11.6. The van der Waals surface area contributed by atoms with Crippen molar-refractivity contribution in [3.63, 3.8) is 0 Å². The molecule has 0 radical (unpaired) electrons. The van der Waals surface area contributed by atoms with Crippen molar-refractivity contribution in [2.75, 3.05) is 0 Å². The van der Waals surface area contributed by atoms with E-state index in [1.807, 2.05) is 6.92 Å². The van der Waals surface area contributed by atoms with Gasteiger partial charge in [0.2, 0.25) is 0 Å². The Morgan fingerprint density at radius 1 is 1.18 bits per heavy atom. The molecular weight excluding hydrogens is 513 g/mol. The molecule has 0 atom stereocenters. The Hall–Kier alpha value is -5.11. The molecule has 0 aliphatic rings. The number of amides is 1. The predicted molar refractivity (Wildman–Crippen MR) is 148 cm³/mol. The number of aromatic amines is 1. The molecule has 10 nitrogen and oxygen atoms in total. The first-order chi connectivity index (χ1) is 18.9. The smallest absolute Gasteiger partial charge is 0.408 e. The molecule has 0 aliphatic heterocycles. The van der Waals surface area contributed by atoms with Crippen molar-refractivity contribution < 1.29 is 14.3 Å². The summed E-state index contributed by atoms with van der Waals surface area (Å²) in [5, 5.41) is 32.2. The number of benzene rings is 2. The fourth-order valence-corrected chi connectivity index (χ4v) is 4.88. The number of hydrogen-bond donors (Lipinski definition) is 2. The van der Waals surface area contributed by atoms with Crippen LogP contribution in [0.25, 0.3) is 44.1 Å². The minimum atomic E-state index is -1.13. The van der Waals surface area contributed by atoms with E-state index in [1.54, 1.807) is 64.5 Å². The number of nitriles is 1. The third-order valence-corrected chi connectivity index (χ3v) is 6.89. The molecule has 11 heteroatoms. The molecule has 0 aliphatic carbocycles. The number of hydrogen-bond acceptors (Lipinski definition) is 6. The maximum atomic E-state index is 15.7. The number of pyridine rings is 1. The zero-order chi connectivity index (χ0) is 28.9. The van der Waals surface area contributed by atoms with Crippen LogP contribution in [-0.2, 0) is 13.6 Å². The second kappa shape index (κ2) is 9.57. The van der Waals surface area contributed by atoms with Crippen LogP contribution in [0.1, 0.15) is 37.6 Å². The topological polar surface area (TPSA) is 141 Å². The number of rotatable bonds is 4. The molecule has 0 fully saturated rings. The van der Waals surface area contributed by atoms with Crippen molar-refractivity contribution in [1.82, 2.24) is 29.9 Å². The molecular formula is C29H26FN7O3. The Bertz CT molecular complexity index is 1930. The van der Waals surface area contributed by atoms with Crippen molar-refractivity contribution in [3.05, 3.63) is 75.7 Å². The molecule has 5 rings (SSSR count). The van der Waals surface area contributed by atoms with E-state index < -0.39 is 23.0 Å². The van der Waals surface area contributed by atoms with Gasteiger partial charge in [-0.1, -0.05) is 6.07 Å². The van der Waals surface area contributed by atoms with Crippen molar-refractivity contribution in [3.8, 4) is 28.5 Å². The number of nitrogens with zero attached hydrogens (tertiary/aromatic N) is 6. The number of H-pyrrole nitrogens is 1. The number of fused-ring (bicyclic) bond motifs is 2. The van der Waals surface area contributed by atoms with Gasteiger partial charge in [-0.25, -0.2) is 14.3 Å². The maximum absolute atomic E-state index is 15.7. The van der Waals surface area contributed by atoms with Crippen molar-refractivity contribution in [2.24, 2.45) is 7.05 Å². The summed E-state index contributed by atoms with van der Waals surface area (Å²) in [5.74, 6) is -0.618. The van der Waals surface area contributed by atoms with Crippen molar-refractivity contribution >= 4 is 27.8 Å². The molecule has 0 saturated carbocycles. The van der Waals surface area contributed by atoms with E-state index in [9.17, 15) is 20.0 Å². The molecule has 40 heavy (non-hydrogen) atoms. The Morgan fingerprint density at radius 2 is 1.93 bits per heavy atom. The van der Waals surface area contributed by atoms with Gasteiger partial charge in [-0.05, 0) is 57.0 Å². The third kappa shape index (κ3) is 4.43. The number of carbonyl (C=O) groups is 1. The Morgan fingerprint density at radius 3 is 2.60 bits per heavy atom.